The maximum absolute atomic E-state index is 10.4. The van der Waals surface area contributed by atoms with Crippen molar-refractivity contribution in [2.45, 2.75) is 75.5 Å². The van der Waals surface area contributed by atoms with Crippen LogP contribution in [-0.4, -0.2) is 48.3 Å². The number of hydrogen-bond acceptors (Lipinski definition) is 3. The molecule has 2 saturated carbocycles. The molecular weight excluding hydrogens is 224 g/mol. The van der Waals surface area contributed by atoms with Gasteiger partial charge in [-0.05, 0) is 52.6 Å². The Labute approximate surface area is 112 Å². The van der Waals surface area contributed by atoms with Crippen LogP contribution in [0.15, 0.2) is 0 Å². The van der Waals surface area contributed by atoms with Crippen LogP contribution in [0.4, 0.5) is 0 Å². The molecule has 0 spiro atoms. The first-order valence-electron chi connectivity index (χ1n) is 7.73. The molecule has 0 amide bonds. The number of hydrogen-bond donors (Lipinski definition) is 2. The van der Waals surface area contributed by atoms with Crippen molar-refractivity contribution in [1.82, 2.24) is 10.2 Å². The van der Waals surface area contributed by atoms with E-state index in [1.54, 1.807) is 0 Å². The monoisotopic (exact) mass is 254 g/mol. The second-order valence-corrected chi connectivity index (χ2v) is 6.44. The molecule has 2 aliphatic rings. The number of nitrogens with one attached hydrogen (secondary N) is 1. The summed E-state index contributed by atoms with van der Waals surface area (Å²) in [5, 5.41) is 13.5. The third kappa shape index (κ3) is 3.46. The third-order valence-corrected chi connectivity index (χ3v) is 5.12. The van der Waals surface area contributed by atoms with E-state index in [4.69, 9.17) is 0 Å². The van der Waals surface area contributed by atoms with Crippen LogP contribution in [0.5, 0.6) is 0 Å². The molecule has 0 saturated heterocycles. The summed E-state index contributed by atoms with van der Waals surface area (Å²) in [6.45, 7) is 0.743. The van der Waals surface area contributed by atoms with E-state index < -0.39 is 5.60 Å². The molecule has 0 heterocycles. The predicted molar refractivity (Wildman–Crippen MR) is 75.8 cm³/mol. The second kappa shape index (κ2) is 6.36. The standard InChI is InChI=1S/C15H30N2O/c1-16-12-15(18)10-8-14(9-11-15)17(2)13-6-4-3-5-7-13/h13-14,16,18H,3-12H2,1-2H3. The molecule has 18 heavy (non-hydrogen) atoms. The van der Waals surface area contributed by atoms with Crippen LogP contribution >= 0.6 is 0 Å². The topological polar surface area (TPSA) is 35.5 Å². The van der Waals surface area contributed by atoms with E-state index in [2.05, 4.69) is 17.3 Å². The van der Waals surface area contributed by atoms with Gasteiger partial charge in [0.1, 0.15) is 0 Å². The molecule has 0 atom stereocenters. The van der Waals surface area contributed by atoms with Crippen molar-refractivity contribution in [3.8, 4) is 0 Å². The van der Waals surface area contributed by atoms with Crippen LogP contribution in [0.1, 0.15) is 57.8 Å². The first-order valence-corrected chi connectivity index (χ1v) is 7.73. The van der Waals surface area contributed by atoms with E-state index in [9.17, 15) is 5.11 Å². The molecule has 3 nitrogen and oxygen atoms in total. The maximum atomic E-state index is 10.4. The SMILES string of the molecule is CNCC1(O)CCC(N(C)C2CCCCC2)CC1. The van der Waals surface area contributed by atoms with Crippen molar-refractivity contribution < 1.29 is 5.11 Å². The minimum absolute atomic E-state index is 0.446. The molecule has 2 rings (SSSR count). The van der Waals surface area contributed by atoms with Gasteiger partial charge in [0.05, 0.1) is 5.60 Å². The summed E-state index contributed by atoms with van der Waals surface area (Å²) in [4.78, 5) is 2.62. The Morgan fingerprint density at radius 3 is 2.17 bits per heavy atom. The highest BCUT2D eigenvalue weighted by Gasteiger charge is 2.35. The molecule has 2 fully saturated rings. The Morgan fingerprint density at radius 1 is 1.06 bits per heavy atom. The molecule has 106 valence electrons. The van der Waals surface area contributed by atoms with Crippen LogP contribution in [-0.2, 0) is 0 Å². The molecule has 0 aromatic rings. The molecule has 0 unspecified atom stereocenters. The smallest absolute Gasteiger partial charge is 0.0772 e. The van der Waals surface area contributed by atoms with Gasteiger partial charge < -0.3 is 15.3 Å². The summed E-state index contributed by atoms with van der Waals surface area (Å²) in [7, 11) is 4.24. The largest absolute Gasteiger partial charge is 0.389 e. The van der Waals surface area contributed by atoms with Gasteiger partial charge in [0.25, 0.3) is 0 Å². The van der Waals surface area contributed by atoms with E-state index in [1.807, 2.05) is 7.05 Å². The molecule has 0 aromatic heterocycles. The fourth-order valence-corrected chi connectivity index (χ4v) is 3.84. The Balaban J connectivity index is 1.81. The average Bonchev–Trinajstić information content (AvgIpc) is 2.40. The Morgan fingerprint density at radius 2 is 1.61 bits per heavy atom. The molecule has 0 bridgehead atoms. The van der Waals surface area contributed by atoms with Gasteiger partial charge in [0.2, 0.25) is 0 Å². The molecule has 2 aliphatic carbocycles. The van der Waals surface area contributed by atoms with Crippen LogP contribution < -0.4 is 5.32 Å². The zero-order valence-electron chi connectivity index (χ0n) is 12.1. The lowest BCUT2D eigenvalue weighted by atomic mass is 9.80. The lowest BCUT2D eigenvalue weighted by Gasteiger charge is -2.43. The fourth-order valence-electron chi connectivity index (χ4n) is 3.84. The molecule has 0 aliphatic heterocycles. The Bertz CT molecular complexity index is 243. The molecule has 3 heteroatoms. The van der Waals surface area contributed by atoms with Gasteiger partial charge in [-0.25, -0.2) is 0 Å². The van der Waals surface area contributed by atoms with Crippen molar-refractivity contribution in [3.63, 3.8) is 0 Å². The highest BCUT2D eigenvalue weighted by molar-refractivity contribution is 4.91. The zero-order chi connectivity index (χ0) is 13.0. The van der Waals surface area contributed by atoms with E-state index in [-0.39, 0.29) is 0 Å². The summed E-state index contributed by atoms with van der Waals surface area (Å²) in [6, 6.07) is 1.50. The van der Waals surface area contributed by atoms with Crippen LogP contribution in [0.2, 0.25) is 0 Å². The van der Waals surface area contributed by atoms with E-state index in [1.165, 1.54) is 32.1 Å². The van der Waals surface area contributed by atoms with Gasteiger partial charge in [-0.3, -0.25) is 0 Å². The minimum atomic E-state index is -0.446. The molecule has 0 radical (unpaired) electrons. The predicted octanol–water partition coefficient (Wildman–Crippen LogP) is 2.14. The van der Waals surface area contributed by atoms with Gasteiger partial charge in [-0.2, -0.15) is 0 Å². The molecule has 0 aromatic carbocycles. The highest BCUT2D eigenvalue weighted by Crippen LogP contribution is 2.33. The van der Waals surface area contributed by atoms with Gasteiger partial charge in [0, 0.05) is 18.6 Å². The number of likely N-dealkylation sites (N-methyl/N-ethyl adjacent to an activating group) is 1. The second-order valence-electron chi connectivity index (χ2n) is 6.44. The summed E-state index contributed by atoms with van der Waals surface area (Å²) in [5.74, 6) is 0. The van der Waals surface area contributed by atoms with Crippen molar-refractivity contribution in [1.29, 1.82) is 0 Å². The molecule has 2 N–H and O–H groups in total. The van der Waals surface area contributed by atoms with Gasteiger partial charge in [-0.1, -0.05) is 19.3 Å². The van der Waals surface area contributed by atoms with Crippen LogP contribution in [0.3, 0.4) is 0 Å². The lowest BCUT2D eigenvalue weighted by molar-refractivity contribution is -0.0224. The lowest BCUT2D eigenvalue weighted by Crippen LogP contribution is -2.49. The minimum Gasteiger partial charge on any atom is -0.389 e. The van der Waals surface area contributed by atoms with Gasteiger partial charge in [0.15, 0.2) is 0 Å². The summed E-state index contributed by atoms with van der Waals surface area (Å²) >= 11 is 0. The molecular formula is C15H30N2O. The third-order valence-electron chi connectivity index (χ3n) is 5.12. The van der Waals surface area contributed by atoms with Crippen LogP contribution in [0.25, 0.3) is 0 Å². The summed E-state index contributed by atoms with van der Waals surface area (Å²) in [6.07, 6.45) is 11.2. The first kappa shape index (κ1) is 14.3. The average molecular weight is 254 g/mol. The van der Waals surface area contributed by atoms with Crippen molar-refractivity contribution in [3.05, 3.63) is 0 Å². The number of aliphatic hydroxyl groups is 1. The number of nitrogens with zero attached hydrogens (tertiary/aromatic N) is 1. The van der Waals surface area contributed by atoms with Gasteiger partial charge in [-0.15, -0.1) is 0 Å². The van der Waals surface area contributed by atoms with Crippen molar-refractivity contribution in [2.75, 3.05) is 20.6 Å². The summed E-state index contributed by atoms with van der Waals surface area (Å²) in [5.41, 5.74) is -0.446. The maximum Gasteiger partial charge on any atom is 0.0772 e. The van der Waals surface area contributed by atoms with E-state index in [0.717, 1.165) is 38.3 Å². The Hall–Kier alpha value is -0.120. The number of rotatable bonds is 4. The van der Waals surface area contributed by atoms with Crippen LogP contribution in [0, 0.1) is 0 Å². The Kier molecular flexibility index (Phi) is 5.05. The zero-order valence-corrected chi connectivity index (χ0v) is 12.1. The quantitative estimate of drug-likeness (QED) is 0.807. The normalized spacial score (nSPS) is 35.0. The first-order chi connectivity index (χ1) is 8.64. The summed E-state index contributed by atoms with van der Waals surface area (Å²) < 4.78 is 0. The van der Waals surface area contributed by atoms with Crippen molar-refractivity contribution in [2.24, 2.45) is 0 Å². The fraction of sp³-hybridized carbons (Fsp3) is 1.00. The highest BCUT2D eigenvalue weighted by atomic mass is 16.3. The van der Waals surface area contributed by atoms with Crippen molar-refractivity contribution >= 4 is 0 Å². The van der Waals surface area contributed by atoms with E-state index >= 15 is 0 Å². The van der Waals surface area contributed by atoms with Gasteiger partial charge >= 0.3 is 0 Å². The van der Waals surface area contributed by atoms with E-state index in [0.29, 0.717) is 6.04 Å².